The summed E-state index contributed by atoms with van der Waals surface area (Å²) in [6.07, 6.45) is 5.33. The van der Waals surface area contributed by atoms with Gasteiger partial charge < -0.3 is 19.4 Å². The highest BCUT2D eigenvalue weighted by atomic mass is 16.5. The molecule has 0 bridgehead atoms. The molecule has 27 heavy (non-hydrogen) atoms. The molecule has 6 nitrogen and oxygen atoms in total. The Hall–Kier alpha value is -3.28. The van der Waals surface area contributed by atoms with E-state index in [0.29, 0.717) is 24.5 Å². The third-order valence-electron chi connectivity index (χ3n) is 4.21. The highest BCUT2D eigenvalue weighted by Crippen LogP contribution is 2.21. The van der Waals surface area contributed by atoms with Gasteiger partial charge in [0.15, 0.2) is 6.10 Å². The van der Waals surface area contributed by atoms with E-state index in [1.807, 2.05) is 60.2 Å². The van der Waals surface area contributed by atoms with E-state index >= 15 is 0 Å². The maximum absolute atomic E-state index is 12.6. The quantitative estimate of drug-likeness (QED) is 0.665. The van der Waals surface area contributed by atoms with Crippen molar-refractivity contribution in [3.8, 4) is 17.2 Å². The number of hydrogen-bond donors (Lipinski definition) is 1. The molecule has 6 heteroatoms. The van der Waals surface area contributed by atoms with Crippen molar-refractivity contribution in [1.29, 1.82) is 0 Å². The molecule has 0 spiro atoms. The maximum Gasteiger partial charge on any atom is 0.261 e. The van der Waals surface area contributed by atoms with Crippen LogP contribution in [0.2, 0.25) is 0 Å². The summed E-state index contributed by atoms with van der Waals surface area (Å²) in [5.74, 6) is 1.15. The molecule has 1 amide bonds. The number of aromatic nitrogens is 2. The zero-order valence-electron chi connectivity index (χ0n) is 15.5. The second kappa shape index (κ2) is 8.89. The van der Waals surface area contributed by atoms with Crippen LogP contribution in [0.25, 0.3) is 5.69 Å². The third kappa shape index (κ3) is 4.67. The van der Waals surface area contributed by atoms with Crippen LogP contribution in [-0.4, -0.2) is 28.7 Å². The fourth-order valence-corrected chi connectivity index (χ4v) is 2.77. The summed E-state index contributed by atoms with van der Waals surface area (Å²) in [7, 11) is 1.60. The number of para-hydroxylation sites is 1. The molecule has 0 unspecified atom stereocenters. The van der Waals surface area contributed by atoms with Gasteiger partial charge in [-0.1, -0.05) is 31.2 Å². The second-order valence-corrected chi connectivity index (χ2v) is 6.01. The van der Waals surface area contributed by atoms with Crippen LogP contribution >= 0.6 is 0 Å². The van der Waals surface area contributed by atoms with Gasteiger partial charge in [-0.15, -0.1) is 0 Å². The van der Waals surface area contributed by atoms with Crippen LogP contribution in [0.3, 0.4) is 0 Å². The molecule has 0 fully saturated rings. The fourth-order valence-electron chi connectivity index (χ4n) is 2.77. The Kier molecular flexibility index (Phi) is 6.10. The highest BCUT2D eigenvalue weighted by Gasteiger charge is 2.18. The van der Waals surface area contributed by atoms with Gasteiger partial charge in [0.05, 0.1) is 19.1 Å². The lowest BCUT2D eigenvalue weighted by atomic mass is 10.1. The third-order valence-corrected chi connectivity index (χ3v) is 4.21. The molecule has 0 aliphatic heterocycles. The average molecular weight is 365 g/mol. The predicted octanol–water partition coefficient (Wildman–Crippen LogP) is 3.35. The van der Waals surface area contributed by atoms with E-state index in [-0.39, 0.29) is 5.91 Å². The summed E-state index contributed by atoms with van der Waals surface area (Å²) in [6.45, 7) is 2.33. The van der Waals surface area contributed by atoms with Gasteiger partial charge in [0.1, 0.15) is 11.5 Å². The lowest BCUT2D eigenvalue weighted by Crippen LogP contribution is -2.37. The molecule has 0 saturated heterocycles. The van der Waals surface area contributed by atoms with E-state index in [1.54, 1.807) is 25.7 Å². The van der Waals surface area contributed by atoms with E-state index in [0.717, 1.165) is 11.3 Å². The summed E-state index contributed by atoms with van der Waals surface area (Å²) >= 11 is 0. The molecule has 3 aromatic rings. The summed E-state index contributed by atoms with van der Waals surface area (Å²) in [4.78, 5) is 16.7. The SMILES string of the molecule is CC[C@@H](Oc1cccc(OC)c1)C(=O)NCc1ccccc1-n1ccnc1. The van der Waals surface area contributed by atoms with Crippen LogP contribution in [-0.2, 0) is 11.3 Å². The molecule has 1 atom stereocenters. The number of carbonyl (C=O) groups is 1. The zero-order chi connectivity index (χ0) is 19.1. The van der Waals surface area contributed by atoms with Gasteiger partial charge in [-0.05, 0) is 30.2 Å². The van der Waals surface area contributed by atoms with Crippen LogP contribution < -0.4 is 14.8 Å². The number of imidazole rings is 1. The van der Waals surface area contributed by atoms with Crippen molar-refractivity contribution in [2.45, 2.75) is 26.0 Å². The van der Waals surface area contributed by atoms with Gasteiger partial charge in [-0.25, -0.2) is 4.98 Å². The number of methoxy groups -OCH3 is 1. The molecule has 0 aliphatic rings. The molecule has 140 valence electrons. The van der Waals surface area contributed by atoms with Gasteiger partial charge in [-0.3, -0.25) is 4.79 Å². The van der Waals surface area contributed by atoms with Crippen molar-refractivity contribution in [3.63, 3.8) is 0 Å². The van der Waals surface area contributed by atoms with Gasteiger partial charge in [-0.2, -0.15) is 0 Å². The lowest BCUT2D eigenvalue weighted by Gasteiger charge is -2.18. The standard InChI is InChI=1S/C21H23N3O3/c1-3-20(27-18-9-6-8-17(13-18)26-2)21(25)23-14-16-7-4-5-10-19(16)24-12-11-22-15-24/h4-13,15,20H,3,14H2,1-2H3,(H,23,25)/t20-/m1/s1. The number of benzene rings is 2. The van der Waals surface area contributed by atoms with Crippen LogP contribution in [0.5, 0.6) is 11.5 Å². The first kappa shape index (κ1) is 18.5. The normalized spacial score (nSPS) is 11.6. The number of nitrogens with one attached hydrogen (secondary N) is 1. The molecule has 2 aromatic carbocycles. The molecule has 1 heterocycles. The van der Waals surface area contributed by atoms with Gasteiger partial charge in [0, 0.05) is 25.0 Å². The number of ether oxygens (including phenoxy) is 2. The van der Waals surface area contributed by atoms with Gasteiger partial charge >= 0.3 is 0 Å². The van der Waals surface area contributed by atoms with Crippen molar-refractivity contribution < 1.29 is 14.3 Å². The van der Waals surface area contributed by atoms with E-state index in [2.05, 4.69) is 10.3 Å². The summed E-state index contributed by atoms with van der Waals surface area (Å²) in [5.41, 5.74) is 1.98. The Balaban J connectivity index is 1.66. The number of amides is 1. The van der Waals surface area contributed by atoms with Crippen molar-refractivity contribution >= 4 is 5.91 Å². The molecule has 0 saturated carbocycles. The highest BCUT2D eigenvalue weighted by molar-refractivity contribution is 5.81. The van der Waals surface area contributed by atoms with Gasteiger partial charge in [0.2, 0.25) is 0 Å². The van der Waals surface area contributed by atoms with E-state index in [4.69, 9.17) is 9.47 Å². The number of hydrogen-bond acceptors (Lipinski definition) is 4. The topological polar surface area (TPSA) is 65.4 Å². The van der Waals surface area contributed by atoms with Crippen molar-refractivity contribution in [2.24, 2.45) is 0 Å². The molecular formula is C21H23N3O3. The zero-order valence-corrected chi connectivity index (χ0v) is 15.5. The summed E-state index contributed by atoms with van der Waals surface area (Å²) in [6, 6.07) is 15.1. The van der Waals surface area contributed by atoms with Crippen LogP contribution in [0.1, 0.15) is 18.9 Å². The first-order valence-corrected chi connectivity index (χ1v) is 8.86. The first-order chi connectivity index (χ1) is 13.2. The molecule has 0 radical (unpaired) electrons. The Morgan fingerprint density at radius 1 is 1.19 bits per heavy atom. The first-order valence-electron chi connectivity index (χ1n) is 8.86. The monoisotopic (exact) mass is 365 g/mol. The predicted molar refractivity (Wildman–Crippen MR) is 103 cm³/mol. The molecular weight excluding hydrogens is 342 g/mol. The molecule has 1 N–H and O–H groups in total. The maximum atomic E-state index is 12.6. The average Bonchev–Trinajstić information content (AvgIpc) is 3.25. The number of nitrogens with zero attached hydrogens (tertiary/aromatic N) is 2. The Morgan fingerprint density at radius 3 is 2.74 bits per heavy atom. The minimum absolute atomic E-state index is 0.152. The molecule has 0 aliphatic carbocycles. The van der Waals surface area contributed by atoms with E-state index in [9.17, 15) is 4.79 Å². The minimum Gasteiger partial charge on any atom is -0.497 e. The molecule has 3 rings (SSSR count). The largest absolute Gasteiger partial charge is 0.497 e. The van der Waals surface area contributed by atoms with E-state index < -0.39 is 6.10 Å². The van der Waals surface area contributed by atoms with Crippen LogP contribution in [0.4, 0.5) is 0 Å². The molecule has 1 aromatic heterocycles. The van der Waals surface area contributed by atoms with Crippen molar-refractivity contribution in [3.05, 3.63) is 72.8 Å². The van der Waals surface area contributed by atoms with Crippen molar-refractivity contribution in [1.82, 2.24) is 14.9 Å². The van der Waals surface area contributed by atoms with E-state index in [1.165, 1.54) is 0 Å². The summed E-state index contributed by atoms with van der Waals surface area (Å²) in [5, 5.41) is 2.97. The summed E-state index contributed by atoms with van der Waals surface area (Å²) < 4.78 is 13.0. The second-order valence-electron chi connectivity index (χ2n) is 6.01. The van der Waals surface area contributed by atoms with Crippen molar-refractivity contribution in [2.75, 3.05) is 7.11 Å². The number of rotatable bonds is 8. The van der Waals surface area contributed by atoms with Gasteiger partial charge in [0.25, 0.3) is 5.91 Å². The Morgan fingerprint density at radius 2 is 2.00 bits per heavy atom. The Bertz CT molecular complexity index is 878. The van der Waals surface area contributed by atoms with Crippen LogP contribution in [0, 0.1) is 0 Å². The lowest BCUT2D eigenvalue weighted by molar-refractivity contribution is -0.128. The fraction of sp³-hybridized carbons (Fsp3) is 0.238. The smallest absolute Gasteiger partial charge is 0.261 e. The van der Waals surface area contributed by atoms with Crippen LogP contribution in [0.15, 0.2) is 67.3 Å². The number of carbonyl (C=O) groups excluding carboxylic acids is 1. The minimum atomic E-state index is -0.572. The Labute approximate surface area is 158 Å².